The van der Waals surface area contributed by atoms with Crippen molar-refractivity contribution in [1.82, 2.24) is 5.43 Å². The topological polar surface area (TPSA) is 66.6 Å². The number of furan rings is 1. The molecule has 0 saturated carbocycles. The second kappa shape index (κ2) is 6.91. The molecule has 0 radical (unpaired) electrons. The largest absolute Gasteiger partial charge is 0.460 e. The highest BCUT2D eigenvalue weighted by molar-refractivity contribution is 9.10. The molecule has 2 aromatic rings. The summed E-state index contributed by atoms with van der Waals surface area (Å²) in [5, 5.41) is 6.81. The molecule has 0 bridgehead atoms. The third kappa shape index (κ3) is 4.55. The first-order valence-corrected chi connectivity index (χ1v) is 6.80. The molecule has 2 rings (SSSR count). The van der Waals surface area contributed by atoms with Crippen LogP contribution in [-0.4, -0.2) is 18.7 Å². The van der Waals surface area contributed by atoms with E-state index in [1.54, 1.807) is 6.07 Å². The summed E-state index contributed by atoms with van der Waals surface area (Å²) >= 11 is 3.35. The first-order chi connectivity index (χ1) is 9.63. The molecule has 0 fully saturated rings. The molecule has 1 aromatic heterocycles. The number of amides is 1. The number of carbonyl (C=O) groups is 1. The average molecular weight is 336 g/mol. The summed E-state index contributed by atoms with van der Waals surface area (Å²) < 4.78 is 6.28. The van der Waals surface area contributed by atoms with Gasteiger partial charge in [0.05, 0.1) is 12.8 Å². The molecule has 5 nitrogen and oxygen atoms in total. The monoisotopic (exact) mass is 335 g/mol. The van der Waals surface area contributed by atoms with E-state index in [1.807, 2.05) is 37.3 Å². The minimum atomic E-state index is -0.229. The van der Waals surface area contributed by atoms with Gasteiger partial charge in [0.25, 0.3) is 5.91 Å². The Balaban J connectivity index is 1.75. The lowest BCUT2D eigenvalue weighted by molar-refractivity contribution is -0.119. The zero-order valence-corrected chi connectivity index (χ0v) is 12.5. The van der Waals surface area contributed by atoms with Crippen LogP contribution in [0.25, 0.3) is 0 Å². The summed E-state index contributed by atoms with van der Waals surface area (Å²) in [7, 11) is 0. The number of anilines is 1. The van der Waals surface area contributed by atoms with Crippen LogP contribution in [0.3, 0.4) is 0 Å². The van der Waals surface area contributed by atoms with Crippen LogP contribution in [0, 0.1) is 6.92 Å². The second-order valence-electron chi connectivity index (χ2n) is 4.10. The summed E-state index contributed by atoms with van der Waals surface area (Å²) in [4.78, 5) is 11.6. The number of nitrogens with one attached hydrogen (secondary N) is 2. The Labute approximate surface area is 125 Å². The molecule has 0 atom stereocenters. The van der Waals surface area contributed by atoms with Gasteiger partial charge < -0.3 is 9.73 Å². The molecule has 1 aromatic carbocycles. The Kier molecular flexibility index (Phi) is 4.95. The molecule has 0 aliphatic rings. The van der Waals surface area contributed by atoms with Crippen molar-refractivity contribution >= 4 is 33.7 Å². The van der Waals surface area contributed by atoms with Crippen molar-refractivity contribution in [2.45, 2.75) is 6.92 Å². The lowest BCUT2D eigenvalue weighted by Gasteiger charge is -2.04. The van der Waals surface area contributed by atoms with Gasteiger partial charge in [-0.3, -0.25) is 4.79 Å². The van der Waals surface area contributed by atoms with Gasteiger partial charge in [0.1, 0.15) is 11.5 Å². The van der Waals surface area contributed by atoms with E-state index in [1.165, 1.54) is 6.21 Å². The first-order valence-electron chi connectivity index (χ1n) is 6.01. The molecule has 0 saturated heterocycles. The van der Waals surface area contributed by atoms with Gasteiger partial charge in [-0.05, 0) is 43.3 Å². The summed E-state index contributed by atoms with van der Waals surface area (Å²) in [6.07, 6.45) is 1.46. The number of hydrogen-bond donors (Lipinski definition) is 2. The van der Waals surface area contributed by atoms with Crippen molar-refractivity contribution in [1.29, 1.82) is 0 Å². The van der Waals surface area contributed by atoms with Crippen LogP contribution in [0.4, 0.5) is 5.69 Å². The van der Waals surface area contributed by atoms with Crippen LogP contribution < -0.4 is 10.7 Å². The van der Waals surface area contributed by atoms with E-state index in [9.17, 15) is 4.79 Å². The molecule has 0 spiro atoms. The zero-order chi connectivity index (χ0) is 14.4. The number of hydrogen-bond acceptors (Lipinski definition) is 4. The number of halogens is 1. The fourth-order valence-corrected chi connectivity index (χ4v) is 1.74. The third-order valence-electron chi connectivity index (χ3n) is 2.44. The van der Waals surface area contributed by atoms with E-state index in [0.717, 1.165) is 15.9 Å². The molecule has 20 heavy (non-hydrogen) atoms. The van der Waals surface area contributed by atoms with E-state index in [-0.39, 0.29) is 12.5 Å². The molecule has 1 heterocycles. The smallest absolute Gasteiger partial charge is 0.259 e. The van der Waals surface area contributed by atoms with Crippen LogP contribution in [-0.2, 0) is 4.79 Å². The molecular weight excluding hydrogens is 322 g/mol. The van der Waals surface area contributed by atoms with E-state index in [2.05, 4.69) is 31.8 Å². The van der Waals surface area contributed by atoms with Crippen molar-refractivity contribution in [3.63, 3.8) is 0 Å². The Morgan fingerprint density at radius 2 is 2.05 bits per heavy atom. The van der Waals surface area contributed by atoms with Gasteiger partial charge in [-0.1, -0.05) is 15.9 Å². The Hall–Kier alpha value is -2.08. The summed E-state index contributed by atoms with van der Waals surface area (Å²) in [6.45, 7) is 1.99. The minimum absolute atomic E-state index is 0.149. The number of nitrogens with zero attached hydrogens (tertiary/aromatic N) is 1. The average Bonchev–Trinajstić information content (AvgIpc) is 2.84. The molecule has 1 amide bonds. The minimum Gasteiger partial charge on any atom is -0.460 e. The van der Waals surface area contributed by atoms with Gasteiger partial charge in [0.15, 0.2) is 0 Å². The zero-order valence-electron chi connectivity index (χ0n) is 10.9. The van der Waals surface area contributed by atoms with Gasteiger partial charge >= 0.3 is 0 Å². The molecule has 0 unspecified atom stereocenters. The first kappa shape index (κ1) is 14.3. The lowest BCUT2D eigenvalue weighted by Crippen LogP contribution is -2.25. The summed E-state index contributed by atoms with van der Waals surface area (Å²) in [5.74, 6) is 1.17. The maximum Gasteiger partial charge on any atom is 0.259 e. The maximum absolute atomic E-state index is 11.6. The van der Waals surface area contributed by atoms with E-state index in [0.29, 0.717) is 5.76 Å². The van der Waals surface area contributed by atoms with Crippen molar-refractivity contribution < 1.29 is 9.21 Å². The van der Waals surface area contributed by atoms with Gasteiger partial charge in [-0.25, -0.2) is 5.43 Å². The third-order valence-corrected chi connectivity index (χ3v) is 2.97. The van der Waals surface area contributed by atoms with Crippen LogP contribution in [0.1, 0.15) is 11.5 Å². The molecule has 2 N–H and O–H groups in total. The lowest BCUT2D eigenvalue weighted by atomic mass is 10.3. The predicted molar refractivity (Wildman–Crippen MR) is 81.8 cm³/mol. The Morgan fingerprint density at radius 1 is 1.30 bits per heavy atom. The molecular formula is C14H14BrN3O2. The molecule has 0 aliphatic carbocycles. The fourth-order valence-electron chi connectivity index (χ4n) is 1.48. The second-order valence-corrected chi connectivity index (χ2v) is 5.02. The quantitative estimate of drug-likeness (QED) is 0.652. The van der Waals surface area contributed by atoms with Gasteiger partial charge in [0, 0.05) is 10.2 Å². The molecule has 104 valence electrons. The number of carbonyl (C=O) groups excluding carboxylic acids is 1. The number of benzene rings is 1. The van der Waals surface area contributed by atoms with E-state index < -0.39 is 0 Å². The number of hydrazone groups is 1. The van der Waals surface area contributed by atoms with Crippen molar-refractivity contribution in [3.05, 3.63) is 52.4 Å². The maximum atomic E-state index is 11.6. The highest BCUT2D eigenvalue weighted by Gasteiger charge is 1.99. The van der Waals surface area contributed by atoms with E-state index in [4.69, 9.17) is 4.42 Å². The number of rotatable bonds is 5. The Morgan fingerprint density at radius 3 is 2.70 bits per heavy atom. The van der Waals surface area contributed by atoms with Crippen LogP contribution in [0.5, 0.6) is 0 Å². The molecule has 0 aliphatic heterocycles. The SMILES string of the molecule is Cc1ccc(C=NNC(=O)CNc2ccc(Br)cc2)o1. The van der Waals surface area contributed by atoms with Crippen LogP contribution >= 0.6 is 15.9 Å². The predicted octanol–water partition coefficient (Wildman–Crippen LogP) is 2.91. The highest BCUT2D eigenvalue weighted by atomic mass is 79.9. The van der Waals surface area contributed by atoms with Gasteiger partial charge in [-0.15, -0.1) is 0 Å². The van der Waals surface area contributed by atoms with E-state index >= 15 is 0 Å². The van der Waals surface area contributed by atoms with Gasteiger partial charge in [0.2, 0.25) is 0 Å². The standard InChI is InChI=1S/C14H14BrN3O2/c1-10-2-7-13(20-10)8-17-18-14(19)9-16-12-5-3-11(15)4-6-12/h2-8,16H,9H2,1H3,(H,18,19). The highest BCUT2D eigenvalue weighted by Crippen LogP contribution is 2.13. The summed E-state index contributed by atoms with van der Waals surface area (Å²) in [6, 6.07) is 11.2. The summed E-state index contributed by atoms with van der Waals surface area (Å²) in [5.41, 5.74) is 3.29. The number of aryl methyl sites for hydroxylation is 1. The van der Waals surface area contributed by atoms with Gasteiger partial charge in [-0.2, -0.15) is 5.10 Å². The van der Waals surface area contributed by atoms with Crippen LogP contribution in [0.2, 0.25) is 0 Å². The van der Waals surface area contributed by atoms with Crippen molar-refractivity contribution in [3.8, 4) is 0 Å². The van der Waals surface area contributed by atoms with Crippen molar-refractivity contribution in [2.24, 2.45) is 5.10 Å². The van der Waals surface area contributed by atoms with Crippen molar-refractivity contribution in [2.75, 3.05) is 11.9 Å². The molecule has 6 heteroatoms. The Bertz CT molecular complexity index is 605. The fraction of sp³-hybridized carbons (Fsp3) is 0.143. The normalized spacial score (nSPS) is 10.7. The van der Waals surface area contributed by atoms with Crippen LogP contribution in [0.15, 0.2) is 50.4 Å².